The molecule has 2 aromatic heterocycles. The maximum absolute atomic E-state index is 12.0. The molecule has 0 aliphatic heterocycles. The van der Waals surface area contributed by atoms with Crippen LogP contribution in [0.1, 0.15) is 56.3 Å². The van der Waals surface area contributed by atoms with Gasteiger partial charge in [0, 0.05) is 17.2 Å². The van der Waals surface area contributed by atoms with Crippen molar-refractivity contribution in [2.45, 2.75) is 46.0 Å². The lowest BCUT2D eigenvalue weighted by Crippen LogP contribution is -2.16. The van der Waals surface area contributed by atoms with Crippen LogP contribution in [0.3, 0.4) is 0 Å². The number of aromatic nitrogens is 5. The van der Waals surface area contributed by atoms with Crippen molar-refractivity contribution in [2.24, 2.45) is 0 Å². The zero-order valence-electron chi connectivity index (χ0n) is 12.2. The van der Waals surface area contributed by atoms with Gasteiger partial charge in [0.15, 0.2) is 5.82 Å². The van der Waals surface area contributed by atoms with Crippen molar-refractivity contribution in [3.8, 4) is 0 Å². The van der Waals surface area contributed by atoms with Gasteiger partial charge in [0.25, 0.3) is 5.91 Å². The van der Waals surface area contributed by atoms with E-state index < -0.39 is 0 Å². The molecule has 2 aromatic rings. The first-order chi connectivity index (χ1) is 9.40. The second kappa shape index (κ2) is 5.44. The Morgan fingerprint density at radius 3 is 2.65 bits per heavy atom. The maximum atomic E-state index is 12.0. The van der Waals surface area contributed by atoms with E-state index in [1.54, 1.807) is 0 Å². The highest BCUT2D eigenvalue weighted by molar-refractivity contribution is 6.00. The second-order valence-corrected chi connectivity index (χ2v) is 5.74. The number of nitrogens with one attached hydrogen (secondary N) is 3. The molecule has 0 aromatic carbocycles. The number of aromatic amines is 2. The van der Waals surface area contributed by atoms with Crippen LogP contribution in [0.4, 0.5) is 5.82 Å². The van der Waals surface area contributed by atoms with Crippen molar-refractivity contribution in [1.82, 2.24) is 25.4 Å². The summed E-state index contributed by atoms with van der Waals surface area (Å²) in [6.07, 6.45) is 1.92. The lowest BCUT2D eigenvalue weighted by atomic mass is 9.96. The molecule has 2 rings (SSSR count). The molecule has 0 aliphatic carbocycles. The first-order valence-corrected chi connectivity index (χ1v) is 6.68. The van der Waals surface area contributed by atoms with Crippen molar-refractivity contribution in [2.75, 3.05) is 5.32 Å². The van der Waals surface area contributed by atoms with Crippen LogP contribution in [0.25, 0.3) is 0 Å². The molecule has 7 nitrogen and oxygen atoms in total. The first-order valence-electron chi connectivity index (χ1n) is 6.68. The topological polar surface area (TPSA) is 99.3 Å². The minimum Gasteiger partial charge on any atom is -0.302 e. The zero-order valence-corrected chi connectivity index (χ0v) is 12.2. The Bertz CT molecular complexity index is 592. The van der Waals surface area contributed by atoms with Crippen molar-refractivity contribution in [3.63, 3.8) is 0 Å². The molecule has 108 valence electrons. The molecule has 2 heterocycles. The smallest absolute Gasteiger partial charge is 0.296 e. The number of hydrogen-bond donors (Lipinski definition) is 3. The minimum absolute atomic E-state index is 0.120. The highest BCUT2D eigenvalue weighted by Crippen LogP contribution is 2.17. The molecule has 7 heteroatoms. The van der Waals surface area contributed by atoms with Crippen LogP contribution in [0.5, 0.6) is 0 Å². The largest absolute Gasteiger partial charge is 0.302 e. The van der Waals surface area contributed by atoms with Gasteiger partial charge in [-0.2, -0.15) is 5.10 Å². The molecule has 0 atom stereocenters. The van der Waals surface area contributed by atoms with Crippen LogP contribution in [0.2, 0.25) is 0 Å². The fraction of sp³-hybridized carbons (Fsp3) is 0.538. The van der Waals surface area contributed by atoms with Gasteiger partial charge in [0.2, 0.25) is 5.82 Å². The third-order valence-electron chi connectivity index (χ3n) is 2.79. The second-order valence-electron chi connectivity index (χ2n) is 5.74. The van der Waals surface area contributed by atoms with E-state index in [0.717, 1.165) is 18.5 Å². The molecule has 3 N–H and O–H groups in total. The lowest BCUT2D eigenvalue weighted by Gasteiger charge is -2.12. The van der Waals surface area contributed by atoms with Gasteiger partial charge in [0.1, 0.15) is 5.82 Å². The molecule has 0 fully saturated rings. The molecular formula is C13H20N6O. The fourth-order valence-electron chi connectivity index (χ4n) is 1.69. The predicted molar refractivity (Wildman–Crippen MR) is 75.6 cm³/mol. The standard InChI is InChI=1S/C13H20N6O/c1-5-6-8-7-9(17-16-8)14-11(20)10-15-12(19-18-10)13(2,3)4/h7H,5-6H2,1-4H3,(H,15,18,19)(H2,14,16,17,20). The molecule has 0 bridgehead atoms. The molecule has 0 saturated heterocycles. The Morgan fingerprint density at radius 2 is 2.05 bits per heavy atom. The Kier molecular flexibility index (Phi) is 3.87. The predicted octanol–water partition coefficient (Wildman–Crippen LogP) is 2.03. The zero-order chi connectivity index (χ0) is 14.8. The Morgan fingerprint density at radius 1 is 1.30 bits per heavy atom. The Labute approximate surface area is 117 Å². The van der Waals surface area contributed by atoms with Crippen LogP contribution in [-0.4, -0.2) is 31.3 Å². The summed E-state index contributed by atoms with van der Waals surface area (Å²) >= 11 is 0. The van der Waals surface area contributed by atoms with Gasteiger partial charge in [0.05, 0.1) is 0 Å². The number of aryl methyl sites for hydroxylation is 1. The number of hydrogen-bond acceptors (Lipinski definition) is 4. The molecule has 1 amide bonds. The van der Waals surface area contributed by atoms with E-state index in [9.17, 15) is 4.79 Å². The summed E-state index contributed by atoms with van der Waals surface area (Å²) in [7, 11) is 0. The Hall–Kier alpha value is -2.18. The van der Waals surface area contributed by atoms with Crippen LogP contribution in [0.15, 0.2) is 6.07 Å². The lowest BCUT2D eigenvalue weighted by molar-refractivity contribution is 0.101. The summed E-state index contributed by atoms with van der Waals surface area (Å²) in [6, 6.07) is 1.82. The van der Waals surface area contributed by atoms with Gasteiger partial charge in [-0.1, -0.05) is 34.1 Å². The van der Waals surface area contributed by atoms with Gasteiger partial charge in [-0.15, -0.1) is 5.10 Å². The summed E-state index contributed by atoms with van der Waals surface area (Å²) in [4.78, 5) is 16.2. The van der Waals surface area contributed by atoms with Gasteiger partial charge < -0.3 is 5.32 Å². The van der Waals surface area contributed by atoms with E-state index in [0.29, 0.717) is 11.6 Å². The summed E-state index contributed by atoms with van der Waals surface area (Å²) in [5, 5.41) is 16.3. The summed E-state index contributed by atoms with van der Waals surface area (Å²) in [6.45, 7) is 8.08. The molecular weight excluding hydrogens is 256 g/mol. The van der Waals surface area contributed by atoms with Crippen molar-refractivity contribution < 1.29 is 4.79 Å². The van der Waals surface area contributed by atoms with E-state index in [2.05, 4.69) is 37.6 Å². The number of rotatable bonds is 4. The van der Waals surface area contributed by atoms with Crippen LogP contribution in [-0.2, 0) is 11.8 Å². The van der Waals surface area contributed by atoms with E-state index in [4.69, 9.17) is 0 Å². The quantitative estimate of drug-likeness (QED) is 0.795. The van der Waals surface area contributed by atoms with E-state index in [1.807, 2.05) is 26.8 Å². The van der Waals surface area contributed by atoms with Crippen LogP contribution >= 0.6 is 0 Å². The summed E-state index contributed by atoms with van der Waals surface area (Å²) in [5.41, 5.74) is 0.819. The number of anilines is 1. The monoisotopic (exact) mass is 276 g/mol. The van der Waals surface area contributed by atoms with Crippen LogP contribution < -0.4 is 5.32 Å². The van der Waals surface area contributed by atoms with E-state index >= 15 is 0 Å². The van der Waals surface area contributed by atoms with Gasteiger partial charge in [-0.3, -0.25) is 15.0 Å². The van der Waals surface area contributed by atoms with Crippen LogP contribution in [0, 0.1) is 0 Å². The van der Waals surface area contributed by atoms with Crippen molar-refractivity contribution in [3.05, 3.63) is 23.4 Å². The fourth-order valence-corrected chi connectivity index (χ4v) is 1.69. The van der Waals surface area contributed by atoms with Gasteiger partial charge in [-0.25, -0.2) is 4.98 Å². The average Bonchev–Trinajstić information content (AvgIpc) is 2.97. The van der Waals surface area contributed by atoms with E-state index in [-0.39, 0.29) is 17.1 Å². The highest BCUT2D eigenvalue weighted by Gasteiger charge is 2.21. The summed E-state index contributed by atoms with van der Waals surface area (Å²) < 4.78 is 0. The van der Waals surface area contributed by atoms with Crippen molar-refractivity contribution >= 4 is 11.7 Å². The molecule has 0 aliphatic rings. The van der Waals surface area contributed by atoms with Gasteiger partial charge >= 0.3 is 0 Å². The Balaban J connectivity index is 2.06. The number of carbonyl (C=O) groups is 1. The number of nitrogens with zero attached hydrogens (tertiary/aromatic N) is 3. The van der Waals surface area contributed by atoms with E-state index in [1.165, 1.54) is 0 Å². The molecule has 0 saturated carbocycles. The molecule has 0 unspecified atom stereocenters. The van der Waals surface area contributed by atoms with Crippen molar-refractivity contribution in [1.29, 1.82) is 0 Å². The minimum atomic E-state index is -0.369. The number of carbonyl (C=O) groups excluding carboxylic acids is 1. The maximum Gasteiger partial charge on any atom is 0.296 e. The SMILES string of the molecule is CCCc1cc(NC(=O)c2n[nH]c(C(C)(C)C)n2)n[nH]1. The van der Waals surface area contributed by atoms with Gasteiger partial charge in [-0.05, 0) is 6.42 Å². The number of amides is 1. The molecule has 20 heavy (non-hydrogen) atoms. The summed E-state index contributed by atoms with van der Waals surface area (Å²) in [5.74, 6) is 0.915. The molecule has 0 spiro atoms. The number of H-pyrrole nitrogens is 2. The normalized spacial score (nSPS) is 11.6. The third kappa shape index (κ3) is 3.23. The molecule has 0 radical (unpaired) electrons. The third-order valence-corrected chi connectivity index (χ3v) is 2.79. The first kappa shape index (κ1) is 14.2. The highest BCUT2D eigenvalue weighted by atomic mass is 16.2. The average molecular weight is 276 g/mol.